The molecule has 0 radical (unpaired) electrons. The molecule has 2 aromatic rings. The SMILES string of the molecule is CC(O)c1ccccc1Oc1ccc(Br)c(F)c1. The molecule has 0 amide bonds. The van der Waals surface area contributed by atoms with Crippen LogP contribution in [0.3, 0.4) is 0 Å². The van der Waals surface area contributed by atoms with E-state index in [0.717, 1.165) is 0 Å². The predicted molar refractivity (Wildman–Crippen MR) is 71.2 cm³/mol. The van der Waals surface area contributed by atoms with Crippen molar-refractivity contribution in [2.45, 2.75) is 13.0 Å². The molecular formula is C14H12BrFO2. The molecule has 0 heterocycles. The maximum atomic E-state index is 13.4. The van der Waals surface area contributed by atoms with Crippen molar-refractivity contribution in [3.63, 3.8) is 0 Å². The van der Waals surface area contributed by atoms with Crippen molar-refractivity contribution in [1.29, 1.82) is 0 Å². The highest BCUT2D eigenvalue weighted by Gasteiger charge is 2.10. The van der Waals surface area contributed by atoms with Crippen molar-refractivity contribution in [2.75, 3.05) is 0 Å². The summed E-state index contributed by atoms with van der Waals surface area (Å²) in [7, 11) is 0. The number of rotatable bonds is 3. The summed E-state index contributed by atoms with van der Waals surface area (Å²) in [5, 5.41) is 9.62. The van der Waals surface area contributed by atoms with Gasteiger partial charge >= 0.3 is 0 Å². The molecule has 0 spiro atoms. The van der Waals surface area contributed by atoms with Crippen LogP contribution < -0.4 is 4.74 Å². The first-order chi connectivity index (χ1) is 8.58. The van der Waals surface area contributed by atoms with Crippen molar-refractivity contribution < 1.29 is 14.2 Å². The van der Waals surface area contributed by atoms with Crippen molar-refractivity contribution in [2.24, 2.45) is 0 Å². The Morgan fingerprint density at radius 3 is 2.61 bits per heavy atom. The fourth-order valence-electron chi connectivity index (χ4n) is 1.59. The van der Waals surface area contributed by atoms with Crippen molar-refractivity contribution >= 4 is 15.9 Å². The molecule has 0 fully saturated rings. The molecule has 0 aromatic heterocycles. The van der Waals surface area contributed by atoms with Gasteiger partial charge < -0.3 is 9.84 Å². The molecule has 18 heavy (non-hydrogen) atoms. The standard InChI is InChI=1S/C14H12BrFO2/c1-9(17)11-4-2-3-5-14(11)18-10-6-7-12(15)13(16)8-10/h2-9,17H,1H3. The van der Waals surface area contributed by atoms with Gasteiger partial charge in [0.05, 0.1) is 10.6 Å². The molecule has 1 atom stereocenters. The summed E-state index contributed by atoms with van der Waals surface area (Å²) in [4.78, 5) is 0. The molecule has 1 unspecified atom stereocenters. The minimum absolute atomic E-state index is 0.387. The second-order valence-electron chi connectivity index (χ2n) is 3.89. The lowest BCUT2D eigenvalue weighted by Crippen LogP contribution is -1.96. The van der Waals surface area contributed by atoms with E-state index in [1.807, 2.05) is 6.07 Å². The average Bonchev–Trinajstić information content (AvgIpc) is 2.34. The highest BCUT2D eigenvalue weighted by atomic mass is 79.9. The predicted octanol–water partition coefficient (Wildman–Crippen LogP) is 4.43. The summed E-state index contributed by atoms with van der Waals surface area (Å²) in [5.41, 5.74) is 0.667. The topological polar surface area (TPSA) is 29.5 Å². The Labute approximate surface area is 113 Å². The van der Waals surface area contributed by atoms with E-state index < -0.39 is 6.10 Å². The molecule has 0 bridgehead atoms. The number of ether oxygens (including phenoxy) is 1. The van der Waals surface area contributed by atoms with E-state index in [9.17, 15) is 9.50 Å². The second-order valence-corrected chi connectivity index (χ2v) is 4.75. The van der Waals surface area contributed by atoms with Gasteiger partial charge in [-0.3, -0.25) is 0 Å². The van der Waals surface area contributed by atoms with Crippen LogP contribution in [0.25, 0.3) is 0 Å². The molecule has 0 aliphatic rings. The highest BCUT2D eigenvalue weighted by molar-refractivity contribution is 9.10. The van der Waals surface area contributed by atoms with E-state index in [1.165, 1.54) is 6.07 Å². The van der Waals surface area contributed by atoms with E-state index in [4.69, 9.17) is 4.74 Å². The van der Waals surface area contributed by atoms with Crippen LogP contribution in [0, 0.1) is 5.82 Å². The van der Waals surface area contributed by atoms with Crippen LogP contribution in [0.4, 0.5) is 4.39 Å². The molecule has 2 aromatic carbocycles. The van der Waals surface area contributed by atoms with Crippen LogP contribution in [-0.4, -0.2) is 5.11 Å². The van der Waals surface area contributed by atoms with Gasteiger partial charge in [0.2, 0.25) is 0 Å². The van der Waals surface area contributed by atoms with Gasteiger partial charge in [-0.15, -0.1) is 0 Å². The van der Waals surface area contributed by atoms with Crippen LogP contribution in [0.15, 0.2) is 46.9 Å². The van der Waals surface area contributed by atoms with Gasteiger partial charge in [-0.2, -0.15) is 0 Å². The fraction of sp³-hybridized carbons (Fsp3) is 0.143. The summed E-state index contributed by atoms with van der Waals surface area (Å²) in [6, 6.07) is 11.7. The van der Waals surface area contributed by atoms with E-state index in [2.05, 4.69) is 15.9 Å². The maximum absolute atomic E-state index is 13.4. The number of hydrogen-bond acceptors (Lipinski definition) is 2. The first-order valence-corrected chi connectivity index (χ1v) is 6.27. The molecule has 4 heteroatoms. The van der Waals surface area contributed by atoms with Crippen LogP contribution in [-0.2, 0) is 0 Å². The summed E-state index contributed by atoms with van der Waals surface area (Å²) < 4.78 is 19.3. The normalized spacial score (nSPS) is 12.2. The van der Waals surface area contributed by atoms with E-state index >= 15 is 0 Å². The zero-order valence-corrected chi connectivity index (χ0v) is 11.3. The third-order valence-electron chi connectivity index (χ3n) is 2.49. The largest absolute Gasteiger partial charge is 0.457 e. The number of aliphatic hydroxyl groups excluding tert-OH is 1. The third-order valence-corrected chi connectivity index (χ3v) is 3.13. The zero-order valence-electron chi connectivity index (χ0n) is 9.73. The first kappa shape index (κ1) is 13.1. The smallest absolute Gasteiger partial charge is 0.141 e. The molecule has 2 nitrogen and oxygen atoms in total. The number of benzene rings is 2. The maximum Gasteiger partial charge on any atom is 0.141 e. The Balaban J connectivity index is 2.31. The molecule has 0 saturated carbocycles. The van der Waals surface area contributed by atoms with Gasteiger partial charge in [0.15, 0.2) is 0 Å². The molecule has 94 valence electrons. The number of para-hydroxylation sites is 1. The molecular weight excluding hydrogens is 299 g/mol. The summed E-state index contributed by atoms with van der Waals surface area (Å²) in [6.45, 7) is 1.66. The van der Waals surface area contributed by atoms with Crippen LogP contribution in [0.5, 0.6) is 11.5 Å². The fourth-order valence-corrected chi connectivity index (χ4v) is 1.83. The van der Waals surface area contributed by atoms with Crippen LogP contribution >= 0.6 is 15.9 Å². The molecule has 0 aliphatic carbocycles. The average molecular weight is 311 g/mol. The molecule has 0 aliphatic heterocycles. The third kappa shape index (κ3) is 2.89. The highest BCUT2D eigenvalue weighted by Crippen LogP contribution is 2.30. The van der Waals surface area contributed by atoms with Crippen molar-refractivity contribution in [1.82, 2.24) is 0 Å². The second kappa shape index (κ2) is 5.50. The lowest BCUT2D eigenvalue weighted by Gasteiger charge is -2.13. The Hall–Kier alpha value is -1.39. The van der Waals surface area contributed by atoms with Crippen molar-refractivity contribution in [3.05, 3.63) is 58.3 Å². The monoisotopic (exact) mass is 310 g/mol. The van der Waals surface area contributed by atoms with E-state index in [-0.39, 0.29) is 5.82 Å². The van der Waals surface area contributed by atoms with Gasteiger partial charge in [0, 0.05) is 11.6 Å². The number of hydrogen-bond donors (Lipinski definition) is 1. The Morgan fingerprint density at radius 1 is 1.22 bits per heavy atom. The van der Waals surface area contributed by atoms with Gasteiger partial charge in [0.1, 0.15) is 17.3 Å². The minimum atomic E-state index is -0.638. The molecule has 0 saturated heterocycles. The summed E-state index contributed by atoms with van der Waals surface area (Å²) in [6.07, 6.45) is -0.638. The Kier molecular flexibility index (Phi) is 3.99. The number of aliphatic hydroxyl groups is 1. The zero-order chi connectivity index (χ0) is 13.1. The Morgan fingerprint density at radius 2 is 1.94 bits per heavy atom. The number of halogens is 2. The first-order valence-electron chi connectivity index (χ1n) is 5.48. The van der Waals surface area contributed by atoms with Gasteiger partial charge in [-0.25, -0.2) is 4.39 Å². The summed E-state index contributed by atoms with van der Waals surface area (Å²) >= 11 is 3.08. The minimum Gasteiger partial charge on any atom is -0.457 e. The quantitative estimate of drug-likeness (QED) is 0.908. The van der Waals surface area contributed by atoms with Crippen LogP contribution in [0.1, 0.15) is 18.6 Å². The van der Waals surface area contributed by atoms with E-state index in [1.54, 1.807) is 37.3 Å². The summed E-state index contributed by atoms with van der Waals surface area (Å²) in [5.74, 6) is 0.528. The van der Waals surface area contributed by atoms with E-state index in [0.29, 0.717) is 21.5 Å². The van der Waals surface area contributed by atoms with Crippen LogP contribution in [0.2, 0.25) is 0 Å². The lowest BCUT2D eigenvalue weighted by molar-refractivity contribution is 0.195. The lowest BCUT2D eigenvalue weighted by atomic mass is 10.1. The van der Waals surface area contributed by atoms with Gasteiger partial charge in [-0.1, -0.05) is 18.2 Å². The van der Waals surface area contributed by atoms with Crippen molar-refractivity contribution in [3.8, 4) is 11.5 Å². The molecule has 1 N–H and O–H groups in total. The molecule has 2 rings (SSSR count). The Bertz CT molecular complexity index is 555. The van der Waals surface area contributed by atoms with Gasteiger partial charge in [-0.05, 0) is 41.1 Å². The van der Waals surface area contributed by atoms with Gasteiger partial charge in [0.25, 0.3) is 0 Å².